The van der Waals surface area contributed by atoms with Gasteiger partial charge in [0.2, 0.25) is 0 Å². The molecule has 9 nitrogen and oxygen atoms in total. The highest BCUT2D eigenvalue weighted by molar-refractivity contribution is 6.17. The molecule has 148 valence electrons. The quantitative estimate of drug-likeness (QED) is 0.116. The fourth-order valence-corrected chi connectivity index (χ4v) is 2.22. The van der Waals surface area contributed by atoms with Crippen molar-refractivity contribution in [2.45, 2.75) is 26.2 Å². The van der Waals surface area contributed by atoms with Crippen LogP contribution in [0.5, 0.6) is 11.5 Å². The van der Waals surface area contributed by atoms with Gasteiger partial charge >= 0.3 is 11.9 Å². The third-order valence-electron chi connectivity index (χ3n) is 3.63. The summed E-state index contributed by atoms with van der Waals surface area (Å²) >= 11 is 0. The van der Waals surface area contributed by atoms with Gasteiger partial charge in [0, 0.05) is 0 Å². The molecule has 0 atom stereocenters. The lowest BCUT2D eigenvalue weighted by Gasteiger charge is -2.12. The molecule has 1 aromatic carbocycles. The standard InChI is InChI=1S/C18H23NO8/c1-5-6-7-8-27-16-10-12(14(19(22)23)11-15(16)24-2)9-13(17(20)25-3)18(21)26-4/h9-11H,5-8H2,1-4H3. The van der Waals surface area contributed by atoms with E-state index in [2.05, 4.69) is 16.4 Å². The molecular weight excluding hydrogens is 358 g/mol. The van der Waals surface area contributed by atoms with E-state index in [0.717, 1.165) is 39.6 Å². The Morgan fingerprint density at radius 2 is 1.70 bits per heavy atom. The maximum absolute atomic E-state index is 11.8. The summed E-state index contributed by atoms with van der Waals surface area (Å²) in [7, 11) is 3.54. The largest absolute Gasteiger partial charge is 0.493 e. The third kappa shape index (κ3) is 5.98. The number of benzene rings is 1. The number of methoxy groups -OCH3 is 3. The monoisotopic (exact) mass is 381 g/mol. The molecule has 0 unspecified atom stereocenters. The van der Waals surface area contributed by atoms with Crippen molar-refractivity contribution < 1.29 is 33.5 Å². The van der Waals surface area contributed by atoms with Gasteiger partial charge in [0.15, 0.2) is 11.5 Å². The normalized spacial score (nSPS) is 9.93. The highest BCUT2D eigenvalue weighted by Gasteiger charge is 2.24. The first-order valence-corrected chi connectivity index (χ1v) is 8.27. The molecule has 9 heteroatoms. The highest BCUT2D eigenvalue weighted by Crippen LogP contribution is 2.36. The molecule has 1 aromatic rings. The minimum absolute atomic E-state index is 0.0166. The van der Waals surface area contributed by atoms with Crippen LogP contribution in [0.15, 0.2) is 17.7 Å². The first kappa shape index (κ1) is 21.9. The van der Waals surface area contributed by atoms with Gasteiger partial charge in [-0.1, -0.05) is 19.8 Å². The van der Waals surface area contributed by atoms with Crippen LogP contribution in [0.4, 0.5) is 5.69 Å². The minimum Gasteiger partial charge on any atom is -0.493 e. The van der Waals surface area contributed by atoms with Gasteiger partial charge < -0.3 is 18.9 Å². The number of carbonyl (C=O) groups excluding carboxylic acids is 2. The van der Waals surface area contributed by atoms with E-state index in [9.17, 15) is 19.7 Å². The van der Waals surface area contributed by atoms with Gasteiger partial charge in [0.05, 0.1) is 44.5 Å². The van der Waals surface area contributed by atoms with Crippen LogP contribution in [-0.4, -0.2) is 44.8 Å². The van der Waals surface area contributed by atoms with Gasteiger partial charge in [0.25, 0.3) is 5.69 Å². The Labute approximate surface area is 157 Å². The highest BCUT2D eigenvalue weighted by atomic mass is 16.6. The van der Waals surface area contributed by atoms with Gasteiger partial charge in [0.1, 0.15) is 5.57 Å². The van der Waals surface area contributed by atoms with Gasteiger partial charge in [-0.3, -0.25) is 10.1 Å². The molecule has 0 amide bonds. The zero-order chi connectivity index (χ0) is 20.4. The summed E-state index contributed by atoms with van der Waals surface area (Å²) in [5, 5.41) is 11.4. The lowest BCUT2D eigenvalue weighted by molar-refractivity contribution is -0.385. The number of hydrogen-bond donors (Lipinski definition) is 0. The molecule has 0 heterocycles. The number of ether oxygens (including phenoxy) is 4. The maximum atomic E-state index is 11.8. The van der Waals surface area contributed by atoms with Crippen LogP contribution < -0.4 is 9.47 Å². The Bertz CT molecular complexity index is 708. The second-order valence-electron chi connectivity index (χ2n) is 5.42. The number of nitrogens with zero attached hydrogens (tertiary/aromatic N) is 1. The SMILES string of the molecule is CCCCCOc1cc(C=C(C(=O)OC)C(=O)OC)c([N+](=O)[O-])cc1OC. The van der Waals surface area contributed by atoms with E-state index in [-0.39, 0.29) is 22.7 Å². The summed E-state index contributed by atoms with van der Waals surface area (Å²) in [6.07, 6.45) is 3.82. The minimum atomic E-state index is -0.975. The molecule has 0 aliphatic carbocycles. The van der Waals surface area contributed by atoms with E-state index in [1.807, 2.05) is 0 Å². The Morgan fingerprint density at radius 1 is 1.07 bits per heavy atom. The molecule has 0 radical (unpaired) electrons. The van der Waals surface area contributed by atoms with Crippen molar-refractivity contribution >= 4 is 23.7 Å². The summed E-state index contributed by atoms with van der Waals surface area (Å²) in [6.45, 7) is 2.45. The van der Waals surface area contributed by atoms with Crippen LogP contribution in [0.3, 0.4) is 0 Å². The lowest BCUT2D eigenvalue weighted by atomic mass is 10.1. The number of carbonyl (C=O) groups is 2. The molecule has 0 spiro atoms. The van der Waals surface area contributed by atoms with Gasteiger partial charge in [-0.15, -0.1) is 0 Å². The Hall–Kier alpha value is -3.10. The summed E-state index contributed by atoms with van der Waals surface area (Å²) in [5.41, 5.74) is -0.861. The van der Waals surface area contributed by atoms with E-state index < -0.39 is 22.4 Å². The predicted molar refractivity (Wildman–Crippen MR) is 96.7 cm³/mol. The fourth-order valence-electron chi connectivity index (χ4n) is 2.22. The first-order valence-electron chi connectivity index (χ1n) is 8.27. The number of unbranched alkanes of at least 4 members (excludes halogenated alkanes) is 2. The van der Waals surface area contributed by atoms with Crippen molar-refractivity contribution in [3.63, 3.8) is 0 Å². The van der Waals surface area contributed by atoms with E-state index in [4.69, 9.17) is 9.47 Å². The Balaban J connectivity index is 3.44. The average molecular weight is 381 g/mol. The molecule has 0 N–H and O–H groups in total. The van der Waals surface area contributed by atoms with Crippen molar-refractivity contribution in [2.75, 3.05) is 27.9 Å². The zero-order valence-electron chi connectivity index (χ0n) is 15.8. The molecule has 0 aliphatic heterocycles. The topological polar surface area (TPSA) is 114 Å². The van der Waals surface area contributed by atoms with Crippen LogP contribution in [-0.2, 0) is 19.1 Å². The molecule has 0 saturated heterocycles. The van der Waals surface area contributed by atoms with Crippen LogP contribution >= 0.6 is 0 Å². The van der Waals surface area contributed by atoms with Crippen molar-refractivity contribution in [3.05, 3.63) is 33.4 Å². The van der Waals surface area contributed by atoms with E-state index in [1.54, 1.807) is 0 Å². The summed E-state index contributed by atoms with van der Waals surface area (Å²) in [6, 6.07) is 2.52. The zero-order valence-corrected chi connectivity index (χ0v) is 15.8. The summed E-state index contributed by atoms with van der Waals surface area (Å²) in [5.74, 6) is -1.51. The molecule has 27 heavy (non-hydrogen) atoms. The molecule has 0 aliphatic rings. The number of hydrogen-bond acceptors (Lipinski definition) is 8. The van der Waals surface area contributed by atoms with Gasteiger partial charge in [-0.2, -0.15) is 0 Å². The predicted octanol–water partition coefficient (Wildman–Crippen LogP) is 2.90. The van der Waals surface area contributed by atoms with Crippen LogP contribution in [0.25, 0.3) is 6.08 Å². The number of esters is 2. The van der Waals surface area contributed by atoms with Gasteiger partial charge in [-0.25, -0.2) is 9.59 Å². The number of nitro groups is 1. The molecular formula is C18H23NO8. The molecule has 1 rings (SSSR count). The van der Waals surface area contributed by atoms with Crippen molar-refractivity contribution in [1.29, 1.82) is 0 Å². The number of rotatable bonds is 10. The summed E-state index contributed by atoms with van der Waals surface area (Å²) in [4.78, 5) is 34.4. The molecule has 0 fully saturated rings. The Kier molecular flexibility index (Phi) is 8.77. The van der Waals surface area contributed by atoms with Crippen LogP contribution in [0, 0.1) is 10.1 Å². The van der Waals surface area contributed by atoms with E-state index in [0.29, 0.717) is 6.61 Å². The fraction of sp³-hybridized carbons (Fsp3) is 0.444. The molecule has 0 bridgehead atoms. The van der Waals surface area contributed by atoms with Crippen molar-refractivity contribution in [1.82, 2.24) is 0 Å². The van der Waals surface area contributed by atoms with Crippen molar-refractivity contribution in [2.24, 2.45) is 0 Å². The number of nitro benzene ring substituents is 1. The Morgan fingerprint density at radius 3 is 2.19 bits per heavy atom. The molecule has 0 saturated carbocycles. The first-order chi connectivity index (χ1) is 12.9. The third-order valence-corrected chi connectivity index (χ3v) is 3.63. The van der Waals surface area contributed by atoms with Gasteiger partial charge in [-0.05, 0) is 18.6 Å². The van der Waals surface area contributed by atoms with Crippen LogP contribution in [0.2, 0.25) is 0 Å². The maximum Gasteiger partial charge on any atom is 0.345 e. The molecule has 0 aromatic heterocycles. The van der Waals surface area contributed by atoms with E-state index >= 15 is 0 Å². The average Bonchev–Trinajstić information content (AvgIpc) is 2.67. The lowest BCUT2D eigenvalue weighted by Crippen LogP contribution is -2.15. The van der Waals surface area contributed by atoms with E-state index in [1.165, 1.54) is 19.2 Å². The van der Waals surface area contributed by atoms with Crippen LogP contribution in [0.1, 0.15) is 31.7 Å². The summed E-state index contributed by atoms with van der Waals surface area (Å²) < 4.78 is 19.9. The second kappa shape index (κ2) is 10.8. The second-order valence-corrected chi connectivity index (χ2v) is 5.42. The smallest absolute Gasteiger partial charge is 0.345 e. The van der Waals surface area contributed by atoms with Crippen molar-refractivity contribution in [3.8, 4) is 11.5 Å².